The molecule has 6 heteroatoms. The van der Waals surface area contributed by atoms with Crippen LogP contribution in [0.2, 0.25) is 0 Å². The maximum absolute atomic E-state index is 12.3. The van der Waals surface area contributed by atoms with Crippen LogP contribution in [0.25, 0.3) is 0 Å². The number of H-pyrrole nitrogens is 1. The monoisotopic (exact) mass is 293 g/mol. The maximum atomic E-state index is 12.3. The lowest BCUT2D eigenvalue weighted by atomic mass is 10.1. The first-order chi connectivity index (χ1) is 9.95. The summed E-state index contributed by atoms with van der Waals surface area (Å²) in [6, 6.07) is 0. The number of Topliss-reactive ketones (excluding diaryl/α,β-unsaturated/α-hetero) is 1. The number of aryl methyl sites for hydroxylation is 2. The van der Waals surface area contributed by atoms with Crippen LogP contribution in [0.1, 0.15) is 51.9 Å². The summed E-state index contributed by atoms with van der Waals surface area (Å²) in [6.45, 7) is 4.98. The Balaban J connectivity index is 2.15. The Morgan fingerprint density at radius 3 is 2.29 bits per heavy atom. The molecule has 0 aliphatic heterocycles. The Hall–Kier alpha value is -2.11. The Morgan fingerprint density at radius 1 is 1.10 bits per heavy atom. The summed E-state index contributed by atoms with van der Waals surface area (Å²) in [5.41, 5.74) is 1.61. The van der Waals surface area contributed by atoms with E-state index in [9.17, 15) is 14.4 Å². The number of ketones is 1. The average Bonchev–Trinajstić information content (AvgIpc) is 3.21. The Bertz CT molecular complexity index is 583. The van der Waals surface area contributed by atoms with E-state index in [0.29, 0.717) is 11.4 Å². The van der Waals surface area contributed by atoms with E-state index < -0.39 is 11.8 Å². The zero-order chi connectivity index (χ0) is 15.6. The van der Waals surface area contributed by atoms with Gasteiger partial charge in [0.1, 0.15) is 0 Å². The van der Waals surface area contributed by atoms with Gasteiger partial charge in [-0.1, -0.05) is 0 Å². The third-order valence-electron chi connectivity index (χ3n) is 3.39. The van der Waals surface area contributed by atoms with Crippen molar-refractivity contribution >= 4 is 17.7 Å². The minimum absolute atomic E-state index is 0.0589. The van der Waals surface area contributed by atoms with Crippen molar-refractivity contribution in [2.75, 3.05) is 13.2 Å². The molecule has 1 heterocycles. The highest BCUT2D eigenvalue weighted by atomic mass is 16.5. The highest BCUT2D eigenvalue weighted by Crippen LogP contribution is 2.30. The third-order valence-corrected chi connectivity index (χ3v) is 3.39. The average molecular weight is 293 g/mol. The second-order valence-electron chi connectivity index (χ2n) is 5.15. The van der Waals surface area contributed by atoms with Crippen LogP contribution in [-0.4, -0.2) is 35.9 Å². The van der Waals surface area contributed by atoms with Gasteiger partial charge in [0.05, 0.1) is 23.7 Å². The van der Waals surface area contributed by atoms with Gasteiger partial charge in [-0.25, -0.2) is 4.79 Å². The lowest BCUT2D eigenvalue weighted by Crippen LogP contribution is -2.18. The van der Waals surface area contributed by atoms with Gasteiger partial charge >= 0.3 is 11.9 Å². The number of carbonyl (C=O) groups is 3. The van der Waals surface area contributed by atoms with Crippen LogP contribution in [0.15, 0.2) is 0 Å². The van der Waals surface area contributed by atoms with Crippen molar-refractivity contribution in [3.63, 3.8) is 0 Å². The number of carbonyl (C=O) groups excluding carboxylic acids is 3. The summed E-state index contributed by atoms with van der Waals surface area (Å²) in [5, 5.41) is 0. The molecule has 0 spiro atoms. The zero-order valence-electron chi connectivity index (χ0n) is 12.4. The van der Waals surface area contributed by atoms with Gasteiger partial charge in [0.25, 0.3) is 0 Å². The van der Waals surface area contributed by atoms with E-state index in [2.05, 4.69) is 4.98 Å². The predicted molar refractivity (Wildman–Crippen MR) is 74.2 cm³/mol. The number of hydrogen-bond donors (Lipinski definition) is 1. The van der Waals surface area contributed by atoms with Crippen molar-refractivity contribution < 1.29 is 23.9 Å². The molecule has 1 fully saturated rings. The summed E-state index contributed by atoms with van der Waals surface area (Å²) < 4.78 is 9.95. The van der Waals surface area contributed by atoms with Crippen LogP contribution < -0.4 is 0 Å². The summed E-state index contributed by atoms with van der Waals surface area (Å²) in [6.07, 6.45) is 1.65. The summed E-state index contributed by atoms with van der Waals surface area (Å²) in [5.74, 6) is -1.34. The largest absolute Gasteiger partial charge is 0.462 e. The fourth-order valence-electron chi connectivity index (χ4n) is 2.23. The van der Waals surface area contributed by atoms with Gasteiger partial charge in [0.2, 0.25) is 5.78 Å². The molecule has 0 saturated heterocycles. The van der Waals surface area contributed by atoms with Crippen LogP contribution in [-0.2, 0) is 14.3 Å². The van der Waals surface area contributed by atoms with Gasteiger partial charge in [-0.2, -0.15) is 0 Å². The number of esters is 2. The Labute approximate surface area is 122 Å². The quantitative estimate of drug-likeness (QED) is 0.640. The van der Waals surface area contributed by atoms with E-state index in [1.165, 1.54) is 0 Å². The molecule has 0 radical (unpaired) electrons. The van der Waals surface area contributed by atoms with E-state index in [1.807, 2.05) is 0 Å². The fraction of sp³-hybridized carbons (Fsp3) is 0.533. The molecule has 1 saturated carbocycles. The second-order valence-corrected chi connectivity index (χ2v) is 5.15. The van der Waals surface area contributed by atoms with Crippen LogP contribution in [0.3, 0.4) is 0 Å². The number of rotatable bonds is 6. The van der Waals surface area contributed by atoms with Crippen LogP contribution in [0.5, 0.6) is 0 Å². The van der Waals surface area contributed by atoms with Crippen LogP contribution >= 0.6 is 0 Å². The van der Waals surface area contributed by atoms with Crippen molar-refractivity contribution in [3.8, 4) is 0 Å². The molecule has 1 aromatic rings. The van der Waals surface area contributed by atoms with Gasteiger partial charge in [0, 0.05) is 11.4 Å². The van der Waals surface area contributed by atoms with E-state index >= 15 is 0 Å². The highest BCUT2D eigenvalue weighted by Gasteiger charge is 2.32. The first kappa shape index (κ1) is 15.3. The van der Waals surface area contributed by atoms with Crippen LogP contribution in [0, 0.1) is 19.8 Å². The van der Waals surface area contributed by atoms with Crippen molar-refractivity contribution in [2.45, 2.75) is 33.6 Å². The van der Waals surface area contributed by atoms with Crippen molar-refractivity contribution in [3.05, 3.63) is 22.5 Å². The van der Waals surface area contributed by atoms with Gasteiger partial charge < -0.3 is 14.5 Å². The Kier molecular flexibility index (Phi) is 4.45. The fourth-order valence-corrected chi connectivity index (χ4v) is 2.23. The molecule has 1 aliphatic carbocycles. The van der Waals surface area contributed by atoms with E-state index in [0.717, 1.165) is 12.8 Å². The number of aromatic nitrogens is 1. The minimum Gasteiger partial charge on any atom is -0.462 e. The second kappa shape index (κ2) is 6.11. The molecule has 6 nitrogen and oxygen atoms in total. The molecule has 0 aromatic carbocycles. The molecule has 1 aliphatic rings. The molecule has 0 bridgehead atoms. The molecular weight excluding hydrogens is 274 g/mol. The maximum Gasteiger partial charge on any atom is 0.340 e. The first-order valence-corrected chi connectivity index (χ1v) is 7.01. The molecule has 0 atom stereocenters. The third kappa shape index (κ3) is 3.32. The van der Waals surface area contributed by atoms with Crippen molar-refractivity contribution in [1.29, 1.82) is 0 Å². The molecule has 2 rings (SSSR count). The molecule has 1 aromatic heterocycles. The summed E-state index contributed by atoms with van der Waals surface area (Å²) in [7, 11) is 0. The number of aromatic amines is 1. The summed E-state index contributed by atoms with van der Waals surface area (Å²) >= 11 is 0. The lowest BCUT2D eigenvalue weighted by molar-refractivity contribution is -0.144. The number of ether oxygens (including phenoxy) is 2. The summed E-state index contributed by atoms with van der Waals surface area (Å²) in [4.78, 5) is 38.6. The van der Waals surface area contributed by atoms with Gasteiger partial charge in [-0.05, 0) is 33.6 Å². The van der Waals surface area contributed by atoms with Crippen molar-refractivity contribution in [2.24, 2.45) is 5.92 Å². The minimum atomic E-state index is -0.545. The van der Waals surface area contributed by atoms with Crippen molar-refractivity contribution in [1.82, 2.24) is 4.98 Å². The van der Waals surface area contributed by atoms with Gasteiger partial charge in [0.15, 0.2) is 6.61 Å². The molecule has 1 N–H and O–H groups in total. The lowest BCUT2D eigenvalue weighted by Gasteiger charge is -2.06. The number of hydrogen-bond acceptors (Lipinski definition) is 5. The highest BCUT2D eigenvalue weighted by molar-refractivity contribution is 6.09. The topological polar surface area (TPSA) is 85.5 Å². The molecule has 0 amide bonds. The molecule has 114 valence electrons. The smallest absolute Gasteiger partial charge is 0.340 e. The molecular formula is C15H19NO5. The standard InChI is InChI=1S/C15H19NO5/c1-4-20-15(19)13-9(3)16-8(2)12(13)11(17)7-21-14(18)10-5-6-10/h10,16H,4-7H2,1-3H3. The SMILES string of the molecule is CCOC(=O)c1c(C)[nH]c(C)c1C(=O)COC(=O)C1CC1. The van der Waals surface area contributed by atoms with E-state index in [4.69, 9.17) is 9.47 Å². The Morgan fingerprint density at radius 2 is 1.71 bits per heavy atom. The van der Waals surface area contributed by atoms with E-state index in [1.54, 1.807) is 20.8 Å². The number of nitrogens with one attached hydrogen (secondary N) is 1. The predicted octanol–water partition coefficient (Wildman–Crippen LogP) is 1.94. The normalized spacial score (nSPS) is 13.9. The van der Waals surface area contributed by atoms with Gasteiger partial charge in [-0.3, -0.25) is 9.59 Å². The molecule has 21 heavy (non-hydrogen) atoms. The van der Waals surface area contributed by atoms with E-state index in [-0.39, 0.29) is 36.2 Å². The zero-order valence-corrected chi connectivity index (χ0v) is 12.4. The van der Waals surface area contributed by atoms with Gasteiger partial charge in [-0.15, -0.1) is 0 Å². The molecule has 0 unspecified atom stereocenters. The first-order valence-electron chi connectivity index (χ1n) is 7.01. The van der Waals surface area contributed by atoms with Crippen LogP contribution in [0.4, 0.5) is 0 Å².